The SMILES string of the molecule is Cl.Cl.Cl.NC1(c2cccnc2)CCNC1. The molecule has 1 unspecified atom stereocenters. The van der Waals surface area contributed by atoms with Crippen LogP contribution in [0, 0.1) is 0 Å². The number of rotatable bonds is 1. The molecule has 0 spiro atoms. The second-order valence-electron chi connectivity index (χ2n) is 3.32. The van der Waals surface area contributed by atoms with Crippen LogP contribution in [0.2, 0.25) is 0 Å². The van der Waals surface area contributed by atoms with E-state index in [-0.39, 0.29) is 42.8 Å². The molecule has 0 saturated carbocycles. The fourth-order valence-electron chi connectivity index (χ4n) is 1.61. The smallest absolute Gasteiger partial charge is 0.0563 e. The number of nitrogens with two attached hydrogens (primary N) is 1. The van der Waals surface area contributed by atoms with Gasteiger partial charge in [-0.1, -0.05) is 6.07 Å². The van der Waals surface area contributed by atoms with Gasteiger partial charge < -0.3 is 11.1 Å². The van der Waals surface area contributed by atoms with Crippen molar-refractivity contribution in [1.82, 2.24) is 10.3 Å². The molecular formula is C9H16Cl3N3. The molecule has 1 aliphatic rings. The van der Waals surface area contributed by atoms with E-state index in [1.807, 2.05) is 18.3 Å². The third-order valence-corrected chi connectivity index (χ3v) is 2.42. The highest BCUT2D eigenvalue weighted by molar-refractivity contribution is 5.86. The monoisotopic (exact) mass is 271 g/mol. The maximum absolute atomic E-state index is 6.18. The van der Waals surface area contributed by atoms with Gasteiger partial charge in [-0.05, 0) is 24.6 Å². The highest BCUT2D eigenvalue weighted by Gasteiger charge is 2.30. The molecule has 0 aromatic carbocycles. The number of halogens is 3. The van der Waals surface area contributed by atoms with E-state index < -0.39 is 0 Å². The van der Waals surface area contributed by atoms with Crippen molar-refractivity contribution in [3.05, 3.63) is 30.1 Å². The summed E-state index contributed by atoms with van der Waals surface area (Å²) in [6, 6.07) is 3.97. The molecule has 3 nitrogen and oxygen atoms in total. The van der Waals surface area contributed by atoms with Gasteiger partial charge in [0, 0.05) is 18.9 Å². The second kappa shape index (κ2) is 7.25. The summed E-state index contributed by atoms with van der Waals surface area (Å²) in [7, 11) is 0. The zero-order chi connectivity index (χ0) is 8.44. The Morgan fingerprint density at radius 1 is 1.33 bits per heavy atom. The largest absolute Gasteiger partial charge is 0.320 e. The van der Waals surface area contributed by atoms with Crippen LogP contribution in [0.25, 0.3) is 0 Å². The molecule has 0 bridgehead atoms. The standard InChI is InChI=1S/C9H13N3.3ClH/c10-9(3-5-12-7-9)8-2-1-4-11-6-8;;;/h1-2,4,6,12H,3,5,7,10H2;3*1H. The van der Waals surface area contributed by atoms with Gasteiger partial charge in [0.1, 0.15) is 0 Å². The molecule has 15 heavy (non-hydrogen) atoms. The first kappa shape index (κ1) is 17.3. The number of pyridine rings is 1. The van der Waals surface area contributed by atoms with Gasteiger partial charge in [0.2, 0.25) is 0 Å². The molecule has 2 rings (SSSR count). The van der Waals surface area contributed by atoms with Gasteiger partial charge in [0.05, 0.1) is 5.54 Å². The predicted octanol–water partition coefficient (Wildman–Crippen LogP) is 1.49. The van der Waals surface area contributed by atoms with Gasteiger partial charge in [0.25, 0.3) is 0 Å². The first-order valence-electron chi connectivity index (χ1n) is 4.21. The Labute approximate surface area is 108 Å². The fraction of sp³-hybridized carbons (Fsp3) is 0.444. The van der Waals surface area contributed by atoms with Gasteiger partial charge in [-0.25, -0.2) is 0 Å². The van der Waals surface area contributed by atoms with E-state index in [1.54, 1.807) is 6.20 Å². The topological polar surface area (TPSA) is 50.9 Å². The zero-order valence-corrected chi connectivity index (χ0v) is 10.6. The van der Waals surface area contributed by atoms with E-state index in [9.17, 15) is 0 Å². The summed E-state index contributed by atoms with van der Waals surface area (Å²) in [5, 5.41) is 3.26. The molecule has 3 N–H and O–H groups in total. The lowest BCUT2D eigenvalue weighted by molar-refractivity contribution is 0.492. The molecule has 0 aliphatic carbocycles. The van der Waals surface area contributed by atoms with Crippen LogP contribution >= 0.6 is 37.2 Å². The van der Waals surface area contributed by atoms with Gasteiger partial charge in [0.15, 0.2) is 0 Å². The summed E-state index contributed by atoms with van der Waals surface area (Å²) < 4.78 is 0. The molecule has 0 radical (unpaired) electrons. The first-order chi connectivity index (χ1) is 5.81. The molecular weight excluding hydrogens is 256 g/mol. The van der Waals surface area contributed by atoms with E-state index in [0.29, 0.717) is 0 Å². The van der Waals surface area contributed by atoms with E-state index >= 15 is 0 Å². The lowest BCUT2D eigenvalue weighted by atomic mass is 9.92. The maximum atomic E-state index is 6.18. The van der Waals surface area contributed by atoms with Gasteiger partial charge in [-0.15, -0.1) is 37.2 Å². The average molecular weight is 273 g/mol. The minimum Gasteiger partial charge on any atom is -0.320 e. The number of nitrogens with zero attached hydrogens (tertiary/aromatic N) is 1. The Balaban J connectivity index is 0. The minimum atomic E-state index is -0.186. The predicted molar refractivity (Wildman–Crippen MR) is 69.3 cm³/mol. The van der Waals surface area contributed by atoms with Crippen molar-refractivity contribution in [2.45, 2.75) is 12.0 Å². The normalized spacial score (nSPS) is 23.3. The Kier molecular flexibility index (Phi) is 8.38. The third kappa shape index (κ3) is 3.78. The summed E-state index contributed by atoms with van der Waals surface area (Å²) in [6.45, 7) is 1.87. The van der Waals surface area contributed by atoms with Gasteiger partial charge >= 0.3 is 0 Å². The van der Waals surface area contributed by atoms with E-state index in [0.717, 1.165) is 25.1 Å². The molecule has 88 valence electrons. The molecule has 1 aliphatic heterocycles. The number of nitrogens with one attached hydrogen (secondary N) is 1. The number of hydrogen-bond acceptors (Lipinski definition) is 3. The Hall–Kier alpha value is -0.0600. The molecule has 1 saturated heterocycles. The van der Waals surface area contributed by atoms with Crippen LogP contribution < -0.4 is 11.1 Å². The summed E-state index contributed by atoms with van der Waals surface area (Å²) in [4.78, 5) is 4.07. The van der Waals surface area contributed by atoms with Crippen molar-refractivity contribution in [3.63, 3.8) is 0 Å². The summed E-state index contributed by atoms with van der Waals surface area (Å²) in [6.07, 6.45) is 4.63. The van der Waals surface area contributed by atoms with Gasteiger partial charge in [-0.3, -0.25) is 4.98 Å². The highest BCUT2D eigenvalue weighted by atomic mass is 35.5. The summed E-state index contributed by atoms with van der Waals surface area (Å²) in [5.74, 6) is 0. The van der Waals surface area contributed by atoms with Crippen molar-refractivity contribution >= 4 is 37.2 Å². The quantitative estimate of drug-likeness (QED) is 0.814. The van der Waals surface area contributed by atoms with Crippen molar-refractivity contribution in [2.75, 3.05) is 13.1 Å². The van der Waals surface area contributed by atoms with Crippen LogP contribution in [0.1, 0.15) is 12.0 Å². The van der Waals surface area contributed by atoms with Crippen molar-refractivity contribution in [3.8, 4) is 0 Å². The molecule has 1 aromatic heterocycles. The van der Waals surface area contributed by atoms with E-state index in [2.05, 4.69) is 10.3 Å². The Morgan fingerprint density at radius 2 is 2.07 bits per heavy atom. The lowest BCUT2D eigenvalue weighted by Gasteiger charge is -2.22. The highest BCUT2D eigenvalue weighted by Crippen LogP contribution is 2.23. The van der Waals surface area contributed by atoms with Crippen LogP contribution in [0.5, 0.6) is 0 Å². The zero-order valence-electron chi connectivity index (χ0n) is 8.18. The average Bonchev–Trinajstić information content (AvgIpc) is 2.55. The Morgan fingerprint density at radius 3 is 2.53 bits per heavy atom. The first-order valence-corrected chi connectivity index (χ1v) is 4.21. The van der Waals surface area contributed by atoms with E-state index in [1.165, 1.54) is 0 Å². The summed E-state index contributed by atoms with van der Waals surface area (Å²) >= 11 is 0. The Bertz CT molecular complexity index is 263. The molecule has 6 heteroatoms. The van der Waals surface area contributed by atoms with E-state index in [4.69, 9.17) is 5.73 Å². The fourth-order valence-corrected chi connectivity index (χ4v) is 1.61. The minimum absolute atomic E-state index is 0. The van der Waals surface area contributed by atoms with Gasteiger partial charge in [-0.2, -0.15) is 0 Å². The van der Waals surface area contributed by atoms with Crippen LogP contribution in [-0.2, 0) is 5.54 Å². The van der Waals surface area contributed by atoms with Crippen molar-refractivity contribution in [1.29, 1.82) is 0 Å². The third-order valence-electron chi connectivity index (χ3n) is 2.42. The number of hydrogen-bond donors (Lipinski definition) is 2. The van der Waals surface area contributed by atoms with Crippen LogP contribution in [0.3, 0.4) is 0 Å². The molecule has 1 fully saturated rings. The molecule has 2 heterocycles. The molecule has 0 amide bonds. The summed E-state index contributed by atoms with van der Waals surface area (Å²) in [5.41, 5.74) is 7.13. The van der Waals surface area contributed by atoms with Crippen LogP contribution in [-0.4, -0.2) is 18.1 Å². The second-order valence-corrected chi connectivity index (χ2v) is 3.32. The van der Waals surface area contributed by atoms with Crippen LogP contribution in [0.15, 0.2) is 24.5 Å². The van der Waals surface area contributed by atoms with Crippen molar-refractivity contribution in [2.24, 2.45) is 5.73 Å². The molecule has 1 atom stereocenters. The van der Waals surface area contributed by atoms with Crippen LogP contribution in [0.4, 0.5) is 0 Å². The number of aromatic nitrogens is 1. The molecule has 1 aromatic rings. The lowest BCUT2D eigenvalue weighted by Crippen LogP contribution is -2.38. The maximum Gasteiger partial charge on any atom is 0.0563 e. The van der Waals surface area contributed by atoms with Crippen molar-refractivity contribution < 1.29 is 0 Å².